The molecule has 0 saturated carbocycles. The molecule has 3 rings (SSSR count). The highest BCUT2D eigenvalue weighted by Gasteiger charge is 2.23. The minimum atomic E-state index is -0.101. The third-order valence-corrected chi connectivity index (χ3v) is 4.05. The van der Waals surface area contributed by atoms with Gasteiger partial charge in [-0.15, -0.1) is 0 Å². The Morgan fingerprint density at radius 3 is 2.65 bits per heavy atom. The van der Waals surface area contributed by atoms with Crippen molar-refractivity contribution in [1.29, 1.82) is 0 Å². The van der Waals surface area contributed by atoms with E-state index in [1.54, 1.807) is 11.0 Å². The number of aromatic nitrogens is 2. The zero-order valence-electron chi connectivity index (χ0n) is 12.8. The second-order valence-electron chi connectivity index (χ2n) is 5.20. The largest absolute Gasteiger partial charge is 0.481 e. The van der Waals surface area contributed by atoms with Crippen LogP contribution in [0.5, 0.6) is 5.88 Å². The van der Waals surface area contributed by atoms with Crippen molar-refractivity contribution in [2.24, 2.45) is 0 Å². The first-order valence-corrected chi connectivity index (χ1v) is 7.71. The van der Waals surface area contributed by atoms with Gasteiger partial charge in [0.1, 0.15) is 12.0 Å². The van der Waals surface area contributed by atoms with Crippen molar-refractivity contribution in [3.63, 3.8) is 0 Å². The number of piperazine rings is 1. The predicted molar refractivity (Wildman–Crippen MR) is 88.2 cm³/mol. The Morgan fingerprint density at radius 1 is 1.17 bits per heavy atom. The van der Waals surface area contributed by atoms with Gasteiger partial charge in [-0.25, -0.2) is 9.97 Å². The maximum atomic E-state index is 12.5. The number of benzene rings is 1. The van der Waals surface area contributed by atoms with Gasteiger partial charge < -0.3 is 14.5 Å². The quantitative estimate of drug-likeness (QED) is 0.861. The molecular formula is C16H17ClN4O2. The molecule has 23 heavy (non-hydrogen) atoms. The second kappa shape index (κ2) is 6.83. The molecule has 120 valence electrons. The van der Waals surface area contributed by atoms with Crippen molar-refractivity contribution >= 4 is 23.2 Å². The zero-order chi connectivity index (χ0) is 16.2. The minimum absolute atomic E-state index is 0.101. The maximum Gasteiger partial charge on any atom is 0.272 e. The lowest BCUT2D eigenvalue weighted by molar-refractivity contribution is 0.0740. The van der Waals surface area contributed by atoms with E-state index in [0.717, 1.165) is 18.8 Å². The molecule has 1 fully saturated rings. The van der Waals surface area contributed by atoms with E-state index in [2.05, 4.69) is 14.9 Å². The standard InChI is InChI=1S/C16H17ClN4O2/c1-23-15-10-14(18-11-19-15)16(22)21-7-5-20(6-8-21)13-4-2-3-12(17)9-13/h2-4,9-11H,5-8H2,1H3. The average molecular weight is 333 g/mol. The lowest BCUT2D eigenvalue weighted by atomic mass is 10.2. The molecule has 0 N–H and O–H groups in total. The third kappa shape index (κ3) is 3.53. The van der Waals surface area contributed by atoms with Gasteiger partial charge in [0.25, 0.3) is 5.91 Å². The van der Waals surface area contributed by atoms with Crippen LogP contribution < -0.4 is 9.64 Å². The van der Waals surface area contributed by atoms with Gasteiger partial charge in [-0.3, -0.25) is 4.79 Å². The van der Waals surface area contributed by atoms with Gasteiger partial charge in [0.05, 0.1) is 7.11 Å². The first-order chi connectivity index (χ1) is 11.2. The summed E-state index contributed by atoms with van der Waals surface area (Å²) in [4.78, 5) is 24.5. The van der Waals surface area contributed by atoms with Crippen LogP contribution in [0.25, 0.3) is 0 Å². The molecule has 1 amide bonds. The Morgan fingerprint density at radius 2 is 1.96 bits per heavy atom. The Kier molecular flexibility index (Phi) is 4.62. The summed E-state index contributed by atoms with van der Waals surface area (Å²) < 4.78 is 5.04. The van der Waals surface area contributed by atoms with Crippen LogP contribution in [0.1, 0.15) is 10.5 Å². The van der Waals surface area contributed by atoms with E-state index in [0.29, 0.717) is 29.7 Å². The van der Waals surface area contributed by atoms with Gasteiger partial charge in [0.15, 0.2) is 0 Å². The molecule has 1 aromatic heterocycles. The summed E-state index contributed by atoms with van der Waals surface area (Å²) in [6.07, 6.45) is 1.34. The Bertz CT molecular complexity index is 702. The number of hydrogen-bond acceptors (Lipinski definition) is 5. The number of methoxy groups -OCH3 is 1. The summed E-state index contributed by atoms with van der Waals surface area (Å²) in [6.45, 7) is 2.79. The number of anilines is 1. The number of ether oxygens (including phenoxy) is 1. The van der Waals surface area contributed by atoms with Crippen molar-refractivity contribution in [1.82, 2.24) is 14.9 Å². The molecule has 7 heteroatoms. The number of halogens is 1. The molecule has 1 saturated heterocycles. The topological polar surface area (TPSA) is 58.6 Å². The summed E-state index contributed by atoms with van der Waals surface area (Å²) in [5.74, 6) is 0.289. The molecule has 2 aromatic rings. The van der Waals surface area contributed by atoms with Crippen molar-refractivity contribution in [2.45, 2.75) is 0 Å². The molecule has 1 aliphatic heterocycles. The second-order valence-corrected chi connectivity index (χ2v) is 5.64. The molecule has 6 nitrogen and oxygen atoms in total. The zero-order valence-corrected chi connectivity index (χ0v) is 13.5. The smallest absolute Gasteiger partial charge is 0.272 e. The third-order valence-electron chi connectivity index (χ3n) is 3.81. The normalized spacial score (nSPS) is 14.7. The van der Waals surface area contributed by atoms with Crippen LogP contribution in [0, 0.1) is 0 Å². The molecule has 0 radical (unpaired) electrons. The summed E-state index contributed by atoms with van der Waals surface area (Å²) in [7, 11) is 1.51. The summed E-state index contributed by atoms with van der Waals surface area (Å²) >= 11 is 6.03. The lowest BCUT2D eigenvalue weighted by Gasteiger charge is -2.36. The fourth-order valence-electron chi connectivity index (χ4n) is 2.57. The minimum Gasteiger partial charge on any atom is -0.481 e. The van der Waals surface area contributed by atoms with Crippen LogP contribution in [0.2, 0.25) is 5.02 Å². The van der Waals surface area contributed by atoms with E-state index in [1.165, 1.54) is 13.4 Å². The Balaban J connectivity index is 1.65. The lowest BCUT2D eigenvalue weighted by Crippen LogP contribution is -2.49. The highest BCUT2D eigenvalue weighted by atomic mass is 35.5. The molecule has 0 aliphatic carbocycles. The monoisotopic (exact) mass is 332 g/mol. The SMILES string of the molecule is COc1cc(C(=O)N2CCN(c3cccc(Cl)c3)CC2)ncn1. The van der Waals surface area contributed by atoms with E-state index in [4.69, 9.17) is 16.3 Å². The van der Waals surface area contributed by atoms with Crippen LogP contribution in [0.4, 0.5) is 5.69 Å². The van der Waals surface area contributed by atoms with Crippen molar-refractivity contribution in [3.05, 3.63) is 47.4 Å². The van der Waals surface area contributed by atoms with Crippen molar-refractivity contribution in [2.75, 3.05) is 38.2 Å². The predicted octanol–water partition coefficient (Wildman–Crippen LogP) is 2.10. The number of amides is 1. The van der Waals surface area contributed by atoms with Crippen LogP contribution in [0.3, 0.4) is 0 Å². The number of hydrogen-bond donors (Lipinski definition) is 0. The molecular weight excluding hydrogens is 316 g/mol. The highest BCUT2D eigenvalue weighted by Crippen LogP contribution is 2.21. The van der Waals surface area contributed by atoms with E-state index >= 15 is 0 Å². The van der Waals surface area contributed by atoms with Crippen LogP contribution >= 0.6 is 11.6 Å². The van der Waals surface area contributed by atoms with Crippen LogP contribution in [0.15, 0.2) is 36.7 Å². The average Bonchev–Trinajstić information content (AvgIpc) is 2.61. The first-order valence-electron chi connectivity index (χ1n) is 7.33. The number of rotatable bonds is 3. The van der Waals surface area contributed by atoms with Crippen LogP contribution in [-0.2, 0) is 0 Å². The number of carbonyl (C=O) groups excluding carboxylic acids is 1. The molecule has 0 bridgehead atoms. The van der Waals surface area contributed by atoms with Gasteiger partial charge in [0, 0.05) is 43.0 Å². The van der Waals surface area contributed by atoms with E-state index in [1.807, 2.05) is 24.3 Å². The van der Waals surface area contributed by atoms with E-state index < -0.39 is 0 Å². The molecule has 1 aromatic carbocycles. The van der Waals surface area contributed by atoms with Gasteiger partial charge in [0.2, 0.25) is 5.88 Å². The fourth-order valence-corrected chi connectivity index (χ4v) is 2.76. The van der Waals surface area contributed by atoms with Crippen molar-refractivity contribution < 1.29 is 9.53 Å². The maximum absolute atomic E-state index is 12.5. The highest BCUT2D eigenvalue weighted by molar-refractivity contribution is 6.30. The fraction of sp³-hybridized carbons (Fsp3) is 0.312. The number of nitrogens with zero attached hydrogens (tertiary/aromatic N) is 4. The Hall–Kier alpha value is -2.34. The molecule has 0 unspecified atom stereocenters. The van der Waals surface area contributed by atoms with Crippen LogP contribution in [-0.4, -0.2) is 54.1 Å². The molecule has 0 atom stereocenters. The molecule has 0 spiro atoms. The van der Waals surface area contributed by atoms with Crippen molar-refractivity contribution in [3.8, 4) is 5.88 Å². The molecule has 1 aliphatic rings. The van der Waals surface area contributed by atoms with Gasteiger partial charge in [-0.05, 0) is 18.2 Å². The summed E-state index contributed by atoms with van der Waals surface area (Å²) in [5, 5.41) is 0.717. The van der Waals surface area contributed by atoms with Gasteiger partial charge >= 0.3 is 0 Å². The van der Waals surface area contributed by atoms with Gasteiger partial charge in [-0.1, -0.05) is 17.7 Å². The Labute approximate surface area is 139 Å². The van der Waals surface area contributed by atoms with E-state index in [-0.39, 0.29) is 5.91 Å². The molecule has 2 heterocycles. The number of carbonyl (C=O) groups is 1. The first kappa shape index (κ1) is 15.6. The summed E-state index contributed by atoms with van der Waals surface area (Å²) in [6, 6.07) is 9.31. The van der Waals surface area contributed by atoms with E-state index in [9.17, 15) is 4.79 Å². The summed E-state index contributed by atoms with van der Waals surface area (Å²) in [5.41, 5.74) is 1.43. The van der Waals surface area contributed by atoms with Gasteiger partial charge in [-0.2, -0.15) is 0 Å².